The number of pyridine rings is 1. The number of likely N-dealkylation sites (tertiary alicyclic amines) is 1. The summed E-state index contributed by atoms with van der Waals surface area (Å²) >= 11 is 0. The van der Waals surface area contributed by atoms with Crippen molar-refractivity contribution in [2.45, 2.75) is 39.2 Å². The average Bonchev–Trinajstić information content (AvgIpc) is 2.47. The molecule has 0 saturated carbocycles. The van der Waals surface area contributed by atoms with Gasteiger partial charge in [0.05, 0.1) is 0 Å². The Morgan fingerprint density at radius 3 is 3.00 bits per heavy atom. The Morgan fingerprint density at radius 1 is 1.29 bits per heavy atom. The van der Waals surface area contributed by atoms with Crippen LogP contribution in [0.25, 0.3) is 0 Å². The van der Waals surface area contributed by atoms with Gasteiger partial charge in [0.1, 0.15) is 5.82 Å². The number of aromatic nitrogens is 3. The molecule has 4 heteroatoms. The van der Waals surface area contributed by atoms with E-state index >= 15 is 0 Å². The average molecular weight is 282 g/mol. The first-order valence-corrected chi connectivity index (χ1v) is 7.63. The van der Waals surface area contributed by atoms with Gasteiger partial charge in [-0.2, -0.15) is 0 Å². The van der Waals surface area contributed by atoms with Crippen LogP contribution in [0.3, 0.4) is 0 Å². The van der Waals surface area contributed by atoms with Gasteiger partial charge in [-0.3, -0.25) is 9.88 Å². The Bertz CT molecular complexity index is 611. The van der Waals surface area contributed by atoms with E-state index in [1.54, 1.807) is 0 Å². The molecule has 0 aromatic carbocycles. The first-order valence-electron chi connectivity index (χ1n) is 7.63. The maximum Gasteiger partial charge on any atom is 0.125 e. The van der Waals surface area contributed by atoms with E-state index < -0.39 is 0 Å². The lowest BCUT2D eigenvalue weighted by molar-refractivity contribution is 0.198. The maximum atomic E-state index is 4.60. The Kier molecular flexibility index (Phi) is 4.25. The van der Waals surface area contributed by atoms with Gasteiger partial charge in [-0.25, -0.2) is 9.97 Å². The van der Waals surface area contributed by atoms with Crippen LogP contribution in [-0.2, 0) is 6.54 Å². The second-order valence-electron chi connectivity index (χ2n) is 5.97. The number of piperidine rings is 1. The molecule has 0 radical (unpaired) electrons. The van der Waals surface area contributed by atoms with Crippen molar-refractivity contribution in [2.24, 2.45) is 0 Å². The van der Waals surface area contributed by atoms with Crippen LogP contribution >= 0.6 is 0 Å². The smallest absolute Gasteiger partial charge is 0.125 e. The fourth-order valence-corrected chi connectivity index (χ4v) is 3.10. The molecule has 1 fully saturated rings. The first kappa shape index (κ1) is 14.1. The summed E-state index contributed by atoms with van der Waals surface area (Å²) in [5.41, 5.74) is 3.72. The zero-order valence-corrected chi connectivity index (χ0v) is 12.8. The molecule has 1 saturated heterocycles. The number of hydrogen-bond donors (Lipinski definition) is 0. The molecule has 21 heavy (non-hydrogen) atoms. The Hall–Kier alpha value is -1.81. The molecule has 4 nitrogen and oxygen atoms in total. The summed E-state index contributed by atoms with van der Waals surface area (Å²) in [6.07, 6.45) is 8.21. The van der Waals surface area contributed by atoms with Crippen molar-refractivity contribution >= 4 is 0 Å². The Morgan fingerprint density at radius 2 is 2.19 bits per heavy atom. The highest BCUT2D eigenvalue weighted by molar-refractivity contribution is 5.17. The van der Waals surface area contributed by atoms with E-state index in [1.807, 2.05) is 25.5 Å². The predicted octanol–water partition coefficient (Wildman–Crippen LogP) is 2.87. The predicted molar refractivity (Wildman–Crippen MR) is 83.0 cm³/mol. The van der Waals surface area contributed by atoms with Gasteiger partial charge in [0.25, 0.3) is 0 Å². The normalized spacial score (nSPS) is 19.6. The second kappa shape index (κ2) is 6.31. The van der Waals surface area contributed by atoms with Crippen LogP contribution in [0.15, 0.2) is 30.7 Å². The molecule has 0 bridgehead atoms. The van der Waals surface area contributed by atoms with Crippen molar-refractivity contribution in [1.29, 1.82) is 0 Å². The first-order chi connectivity index (χ1) is 10.2. The fourth-order valence-electron chi connectivity index (χ4n) is 3.10. The molecule has 2 aromatic rings. The van der Waals surface area contributed by atoms with E-state index in [4.69, 9.17) is 0 Å². The highest BCUT2D eigenvalue weighted by atomic mass is 15.1. The zero-order valence-electron chi connectivity index (χ0n) is 12.8. The van der Waals surface area contributed by atoms with Gasteiger partial charge in [-0.15, -0.1) is 0 Å². The zero-order chi connectivity index (χ0) is 14.7. The number of hydrogen-bond acceptors (Lipinski definition) is 4. The van der Waals surface area contributed by atoms with Gasteiger partial charge in [0.2, 0.25) is 0 Å². The SMILES string of the molecule is Cc1cncc(CN2CCC[C@@H](c3ccnc(C)n3)C2)c1. The van der Waals surface area contributed by atoms with Crippen molar-refractivity contribution in [2.75, 3.05) is 13.1 Å². The lowest BCUT2D eigenvalue weighted by Crippen LogP contribution is -2.34. The van der Waals surface area contributed by atoms with Gasteiger partial charge in [0.15, 0.2) is 0 Å². The molecule has 110 valence electrons. The van der Waals surface area contributed by atoms with E-state index in [1.165, 1.54) is 29.7 Å². The van der Waals surface area contributed by atoms with Gasteiger partial charge in [-0.05, 0) is 50.4 Å². The van der Waals surface area contributed by atoms with Gasteiger partial charge < -0.3 is 0 Å². The summed E-state index contributed by atoms with van der Waals surface area (Å²) in [6.45, 7) is 7.27. The fraction of sp³-hybridized carbons (Fsp3) is 0.471. The highest BCUT2D eigenvalue weighted by Gasteiger charge is 2.22. The minimum absolute atomic E-state index is 0.526. The third-order valence-corrected chi connectivity index (χ3v) is 4.06. The van der Waals surface area contributed by atoms with Gasteiger partial charge >= 0.3 is 0 Å². The van der Waals surface area contributed by atoms with E-state index in [0.717, 1.165) is 25.5 Å². The monoisotopic (exact) mass is 282 g/mol. The molecule has 0 amide bonds. The standard InChI is InChI=1S/C17H22N4/c1-13-8-15(10-18-9-13)11-21-7-3-4-16(12-21)17-5-6-19-14(2)20-17/h5-6,8-10,16H,3-4,7,11-12H2,1-2H3/t16-/m1/s1. The number of nitrogens with zero attached hydrogens (tertiary/aromatic N) is 4. The molecule has 0 unspecified atom stereocenters. The van der Waals surface area contributed by atoms with Crippen LogP contribution < -0.4 is 0 Å². The number of rotatable bonds is 3. The second-order valence-corrected chi connectivity index (χ2v) is 5.97. The van der Waals surface area contributed by atoms with Crippen molar-refractivity contribution in [3.63, 3.8) is 0 Å². The molecule has 3 heterocycles. The highest BCUT2D eigenvalue weighted by Crippen LogP contribution is 2.26. The molecule has 0 aliphatic carbocycles. The van der Waals surface area contributed by atoms with Crippen LogP contribution in [0.5, 0.6) is 0 Å². The number of aryl methyl sites for hydroxylation is 2. The van der Waals surface area contributed by atoms with E-state index in [9.17, 15) is 0 Å². The molecule has 1 aliphatic heterocycles. The van der Waals surface area contributed by atoms with E-state index in [-0.39, 0.29) is 0 Å². The largest absolute Gasteiger partial charge is 0.298 e. The molecular weight excluding hydrogens is 260 g/mol. The molecule has 1 atom stereocenters. The molecular formula is C17H22N4. The summed E-state index contributed by atoms with van der Waals surface area (Å²) in [5.74, 6) is 1.39. The lowest BCUT2D eigenvalue weighted by Gasteiger charge is -2.32. The van der Waals surface area contributed by atoms with E-state index in [0.29, 0.717) is 5.92 Å². The molecule has 0 spiro atoms. The van der Waals surface area contributed by atoms with Crippen LogP contribution in [0, 0.1) is 13.8 Å². The third-order valence-electron chi connectivity index (χ3n) is 4.06. The van der Waals surface area contributed by atoms with Gasteiger partial charge in [0, 0.05) is 43.3 Å². The quantitative estimate of drug-likeness (QED) is 0.868. The minimum atomic E-state index is 0.526. The van der Waals surface area contributed by atoms with Crippen molar-refractivity contribution in [1.82, 2.24) is 19.9 Å². The topological polar surface area (TPSA) is 41.9 Å². The molecule has 3 rings (SSSR count). The molecule has 0 N–H and O–H groups in total. The Labute approximate surface area is 126 Å². The third kappa shape index (κ3) is 3.64. The molecule has 2 aromatic heterocycles. The lowest BCUT2D eigenvalue weighted by atomic mass is 9.94. The van der Waals surface area contributed by atoms with Crippen LogP contribution in [0.1, 0.15) is 41.4 Å². The summed E-state index contributed by atoms with van der Waals surface area (Å²) in [7, 11) is 0. The van der Waals surface area contributed by atoms with Crippen molar-refractivity contribution in [3.8, 4) is 0 Å². The van der Waals surface area contributed by atoms with Crippen molar-refractivity contribution in [3.05, 3.63) is 53.4 Å². The summed E-state index contributed by atoms with van der Waals surface area (Å²) < 4.78 is 0. The maximum absolute atomic E-state index is 4.60. The van der Waals surface area contributed by atoms with Crippen molar-refractivity contribution < 1.29 is 0 Å². The molecule has 1 aliphatic rings. The summed E-state index contributed by atoms with van der Waals surface area (Å²) in [4.78, 5) is 15.6. The van der Waals surface area contributed by atoms with Gasteiger partial charge in [-0.1, -0.05) is 6.07 Å². The van der Waals surface area contributed by atoms with Crippen LogP contribution in [-0.4, -0.2) is 32.9 Å². The minimum Gasteiger partial charge on any atom is -0.298 e. The van der Waals surface area contributed by atoms with Crippen LogP contribution in [0.2, 0.25) is 0 Å². The van der Waals surface area contributed by atoms with E-state index in [2.05, 4.69) is 38.9 Å². The summed E-state index contributed by atoms with van der Waals surface area (Å²) in [6, 6.07) is 4.29. The van der Waals surface area contributed by atoms with Crippen LogP contribution in [0.4, 0.5) is 0 Å². The Balaban J connectivity index is 1.68. The summed E-state index contributed by atoms with van der Waals surface area (Å²) in [5, 5.41) is 0.